The quantitative estimate of drug-likeness (QED) is 0.389. The number of alkyl halides is 1. The maximum atomic E-state index is 15.0. The Bertz CT molecular complexity index is 1510. The van der Waals surface area contributed by atoms with Gasteiger partial charge in [0.1, 0.15) is 28.9 Å². The molecule has 0 atom stereocenters. The molecule has 0 radical (unpaired) electrons. The normalized spacial score (nSPS) is 27.5. The minimum atomic E-state index is -1.09. The van der Waals surface area contributed by atoms with Gasteiger partial charge in [-0.25, -0.2) is 9.37 Å². The summed E-state index contributed by atoms with van der Waals surface area (Å²) in [6.45, 7) is 6.99. The molecule has 3 fully saturated rings. The van der Waals surface area contributed by atoms with E-state index in [2.05, 4.69) is 37.4 Å². The van der Waals surface area contributed by atoms with Crippen molar-refractivity contribution in [1.29, 1.82) is 5.26 Å². The molecule has 2 aliphatic carbocycles. The molecular weight excluding hydrogens is 520 g/mol. The van der Waals surface area contributed by atoms with Crippen molar-refractivity contribution in [3.05, 3.63) is 64.1 Å². The van der Waals surface area contributed by atoms with Gasteiger partial charge in [-0.2, -0.15) is 9.65 Å². The van der Waals surface area contributed by atoms with E-state index in [1.807, 2.05) is 25.1 Å². The molecule has 2 aromatic heterocycles. The molecular formula is C29H30ClF2N7. The monoisotopic (exact) mass is 549 g/mol. The standard InChI is InChI=1S/C29H30ClF2N7/c1-3-29(32)14-27(2,15-29)38-12-19-8-21(30)5-6-22(19)39-24(13-38)35-36-26(39)20-9-28(10-20)16-37(17-28)23-7-4-18(11-33)25(31)34-23/h4-8,20H,3,9-10,12-17H2,1-2H3. The van der Waals surface area contributed by atoms with Crippen molar-refractivity contribution in [2.24, 2.45) is 5.41 Å². The summed E-state index contributed by atoms with van der Waals surface area (Å²) in [5, 5.41) is 19.0. The highest BCUT2D eigenvalue weighted by atomic mass is 35.5. The maximum absolute atomic E-state index is 15.0. The number of fused-ring (bicyclic) bond motifs is 3. The zero-order chi connectivity index (χ0) is 27.2. The molecule has 7 rings (SSSR count). The van der Waals surface area contributed by atoms with Crippen molar-refractivity contribution in [1.82, 2.24) is 24.6 Å². The van der Waals surface area contributed by atoms with Crippen molar-refractivity contribution >= 4 is 17.4 Å². The van der Waals surface area contributed by atoms with E-state index < -0.39 is 11.6 Å². The van der Waals surface area contributed by atoms with Crippen LogP contribution in [-0.4, -0.2) is 48.9 Å². The number of rotatable bonds is 4. The Labute approximate surface area is 231 Å². The molecule has 202 valence electrons. The molecule has 1 spiro atoms. The highest BCUT2D eigenvalue weighted by Crippen LogP contribution is 2.57. The van der Waals surface area contributed by atoms with Gasteiger partial charge in [-0.15, -0.1) is 10.2 Å². The Kier molecular flexibility index (Phi) is 5.40. The van der Waals surface area contributed by atoms with Gasteiger partial charge < -0.3 is 4.90 Å². The van der Waals surface area contributed by atoms with E-state index in [1.165, 1.54) is 6.07 Å². The smallest absolute Gasteiger partial charge is 0.232 e. The number of halogens is 3. The molecule has 4 heterocycles. The minimum absolute atomic E-state index is 0.0361. The summed E-state index contributed by atoms with van der Waals surface area (Å²) >= 11 is 6.44. The minimum Gasteiger partial charge on any atom is -0.355 e. The van der Waals surface area contributed by atoms with Crippen LogP contribution >= 0.6 is 11.6 Å². The Hall–Kier alpha value is -3.09. The number of anilines is 1. The Morgan fingerprint density at radius 3 is 2.59 bits per heavy atom. The highest BCUT2D eigenvalue weighted by Gasteiger charge is 2.56. The Balaban J connectivity index is 1.12. The van der Waals surface area contributed by atoms with Crippen molar-refractivity contribution in [2.75, 3.05) is 18.0 Å². The first-order valence-electron chi connectivity index (χ1n) is 13.6. The van der Waals surface area contributed by atoms with Gasteiger partial charge in [0.2, 0.25) is 5.95 Å². The van der Waals surface area contributed by atoms with Crippen LogP contribution in [0, 0.1) is 22.7 Å². The van der Waals surface area contributed by atoms with Crippen LogP contribution in [0.2, 0.25) is 5.02 Å². The molecule has 0 amide bonds. The summed E-state index contributed by atoms with van der Waals surface area (Å²) in [7, 11) is 0. The van der Waals surface area contributed by atoms with Crippen molar-refractivity contribution < 1.29 is 8.78 Å². The summed E-state index contributed by atoms with van der Waals surface area (Å²) in [4.78, 5) is 8.40. The molecule has 2 aliphatic heterocycles. The largest absolute Gasteiger partial charge is 0.355 e. The fourth-order valence-electron chi connectivity index (χ4n) is 7.50. The van der Waals surface area contributed by atoms with Crippen molar-refractivity contribution in [2.45, 2.75) is 76.2 Å². The van der Waals surface area contributed by atoms with Crippen LogP contribution in [0.1, 0.15) is 74.6 Å². The zero-order valence-corrected chi connectivity index (χ0v) is 22.8. The second-order valence-corrected chi connectivity index (χ2v) is 12.8. The van der Waals surface area contributed by atoms with E-state index in [1.54, 1.807) is 6.07 Å². The van der Waals surface area contributed by atoms with Gasteiger partial charge >= 0.3 is 0 Å². The van der Waals surface area contributed by atoms with Crippen LogP contribution in [0.4, 0.5) is 14.6 Å². The number of nitriles is 1. The summed E-state index contributed by atoms with van der Waals surface area (Å²) in [6, 6.07) is 11.0. The van der Waals surface area contributed by atoms with Crippen LogP contribution in [0.15, 0.2) is 30.3 Å². The second-order valence-electron chi connectivity index (χ2n) is 12.4. The second kappa shape index (κ2) is 8.45. The lowest BCUT2D eigenvalue weighted by molar-refractivity contribution is -0.102. The lowest BCUT2D eigenvalue weighted by atomic mass is 9.57. The van der Waals surface area contributed by atoms with Crippen LogP contribution in [0.25, 0.3) is 5.69 Å². The lowest BCUT2D eigenvalue weighted by Crippen LogP contribution is -2.62. The van der Waals surface area contributed by atoms with E-state index in [9.17, 15) is 8.78 Å². The molecule has 2 saturated carbocycles. The van der Waals surface area contributed by atoms with Gasteiger partial charge in [0, 0.05) is 41.5 Å². The molecule has 3 aromatic rings. The van der Waals surface area contributed by atoms with E-state index in [4.69, 9.17) is 22.0 Å². The average molecular weight is 550 g/mol. The fraction of sp³-hybridized carbons (Fsp3) is 0.517. The average Bonchev–Trinajstić information content (AvgIpc) is 3.16. The molecule has 0 unspecified atom stereocenters. The molecule has 1 aromatic carbocycles. The fourth-order valence-corrected chi connectivity index (χ4v) is 7.69. The third kappa shape index (κ3) is 3.86. The highest BCUT2D eigenvalue weighted by molar-refractivity contribution is 6.30. The number of hydrogen-bond acceptors (Lipinski definition) is 6. The van der Waals surface area contributed by atoms with Gasteiger partial charge in [-0.1, -0.05) is 18.5 Å². The Morgan fingerprint density at radius 2 is 1.90 bits per heavy atom. The summed E-state index contributed by atoms with van der Waals surface area (Å²) in [6.07, 6.45) is 3.54. The first-order valence-corrected chi connectivity index (χ1v) is 14.0. The van der Waals surface area contributed by atoms with Crippen molar-refractivity contribution in [3.63, 3.8) is 0 Å². The molecule has 0 N–H and O–H groups in total. The van der Waals surface area contributed by atoms with Crippen molar-refractivity contribution in [3.8, 4) is 11.8 Å². The summed E-state index contributed by atoms with van der Waals surface area (Å²) in [5.41, 5.74) is 0.954. The third-order valence-corrected chi connectivity index (χ3v) is 9.81. The zero-order valence-electron chi connectivity index (χ0n) is 22.1. The third-order valence-electron chi connectivity index (χ3n) is 9.58. The summed E-state index contributed by atoms with van der Waals surface area (Å²) < 4.78 is 31.2. The van der Waals surface area contributed by atoms with Gasteiger partial charge in [0.15, 0.2) is 5.82 Å². The van der Waals surface area contributed by atoms with E-state index >= 15 is 0 Å². The van der Waals surface area contributed by atoms with Crippen LogP contribution in [0.5, 0.6) is 0 Å². The number of pyridine rings is 1. The Morgan fingerprint density at radius 1 is 1.13 bits per heavy atom. The number of benzene rings is 1. The van der Waals surface area contributed by atoms with E-state index in [-0.39, 0.29) is 22.4 Å². The first-order chi connectivity index (χ1) is 18.6. The molecule has 39 heavy (non-hydrogen) atoms. The van der Waals surface area contributed by atoms with Crippen LogP contribution in [-0.2, 0) is 13.1 Å². The molecule has 4 aliphatic rings. The van der Waals surface area contributed by atoms with Gasteiger partial charge in [0.25, 0.3) is 0 Å². The molecule has 1 saturated heterocycles. The molecule has 0 bridgehead atoms. The predicted molar refractivity (Wildman–Crippen MR) is 143 cm³/mol. The number of hydrogen-bond donors (Lipinski definition) is 0. The molecule has 7 nitrogen and oxygen atoms in total. The van der Waals surface area contributed by atoms with E-state index in [0.29, 0.717) is 43.2 Å². The maximum Gasteiger partial charge on any atom is 0.232 e. The lowest BCUT2D eigenvalue weighted by Gasteiger charge is -2.59. The number of nitrogens with zero attached hydrogens (tertiary/aromatic N) is 7. The van der Waals surface area contributed by atoms with Crippen LogP contribution < -0.4 is 4.90 Å². The van der Waals surface area contributed by atoms with E-state index in [0.717, 1.165) is 48.8 Å². The summed E-state index contributed by atoms with van der Waals surface area (Å²) in [5.74, 6) is 1.98. The first kappa shape index (κ1) is 24.9. The van der Waals surface area contributed by atoms with Gasteiger partial charge in [0.05, 0.1) is 12.2 Å². The topological polar surface area (TPSA) is 73.9 Å². The van der Waals surface area contributed by atoms with Gasteiger partial charge in [-0.3, -0.25) is 9.47 Å². The van der Waals surface area contributed by atoms with Gasteiger partial charge in [-0.05, 0) is 74.9 Å². The van der Waals surface area contributed by atoms with Crippen LogP contribution in [0.3, 0.4) is 0 Å². The molecule has 10 heteroatoms. The number of aromatic nitrogens is 4. The SMILES string of the molecule is CCC1(F)CC(C)(N2Cc3cc(Cl)ccc3-n3c(nnc3C3CC4(C3)CN(c3ccc(C#N)c(F)n3)C4)C2)C1. The predicted octanol–water partition coefficient (Wildman–Crippen LogP) is 5.70.